The standard InChI is InChI=1S/C19H20N4O4/c1-20-18(25)16-11-23(14-9-5-6-10-15(14)27-16)12-17(24)22-19(26)21-13-7-3-2-4-8-13/h2-10,16H,11-12H2,1H3,(H,20,25)(H2,21,22,24,26). The van der Waals surface area contributed by atoms with Crippen molar-refractivity contribution in [2.24, 2.45) is 0 Å². The molecule has 3 N–H and O–H groups in total. The quantitative estimate of drug-likeness (QED) is 0.756. The number of urea groups is 1. The number of nitrogens with one attached hydrogen (secondary N) is 3. The molecule has 1 unspecified atom stereocenters. The van der Waals surface area contributed by atoms with Crippen LogP contribution < -0.4 is 25.6 Å². The van der Waals surface area contributed by atoms with E-state index in [-0.39, 0.29) is 19.0 Å². The van der Waals surface area contributed by atoms with Crippen molar-refractivity contribution in [2.45, 2.75) is 6.10 Å². The van der Waals surface area contributed by atoms with Crippen LogP contribution in [0.15, 0.2) is 54.6 Å². The van der Waals surface area contributed by atoms with Gasteiger partial charge in [-0.05, 0) is 24.3 Å². The Bertz CT molecular complexity index is 841. The summed E-state index contributed by atoms with van der Waals surface area (Å²) in [6.07, 6.45) is -0.740. The molecular weight excluding hydrogens is 348 g/mol. The topological polar surface area (TPSA) is 99.8 Å². The molecule has 2 aromatic carbocycles. The summed E-state index contributed by atoms with van der Waals surface area (Å²) in [6.45, 7) is 0.112. The van der Waals surface area contributed by atoms with E-state index in [0.717, 1.165) is 0 Å². The van der Waals surface area contributed by atoms with E-state index in [0.29, 0.717) is 17.1 Å². The summed E-state index contributed by atoms with van der Waals surface area (Å²) in [5.41, 5.74) is 1.27. The summed E-state index contributed by atoms with van der Waals surface area (Å²) in [5.74, 6) is -0.258. The lowest BCUT2D eigenvalue weighted by atomic mass is 10.1. The fourth-order valence-electron chi connectivity index (χ4n) is 2.78. The van der Waals surface area contributed by atoms with Crippen LogP contribution in [0.1, 0.15) is 0 Å². The van der Waals surface area contributed by atoms with Crippen LogP contribution in [0, 0.1) is 0 Å². The Labute approximate surface area is 156 Å². The average Bonchev–Trinajstić information content (AvgIpc) is 2.67. The van der Waals surface area contributed by atoms with Crippen LogP contribution in [-0.4, -0.2) is 44.1 Å². The van der Waals surface area contributed by atoms with Gasteiger partial charge in [0.1, 0.15) is 5.75 Å². The molecule has 1 aliphatic heterocycles. The van der Waals surface area contributed by atoms with Crippen LogP contribution in [0.4, 0.5) is 16.2 Å². The first-order valence-electron chi connectivity index (χ1n) is 8.45. The molecule has 0 aromatic heterocycles. The average molecular weight is 368 g/mol. The lowest BCUT2D eigenvalue weighted by Gasteiger charge is -2.34. The number of para-hydroxylation sites is 3. The minimum Gasteiger partial charge on any atom is -0.477 e. The molecule has 0 fully saturated rings. The lowest BCUT2D eigenvalue weighted by Crippen LogP contribution is -2.51. The maximum absolute atomic E-state index is 12.3. The van der Waals surface area contributed by atoms with Gasteiger partial charge in [0, 0.05) is 12.7 Å². The van der Waals surface area contributed by atoms with Gasteiger partial charge in [-0.1, -0.05) is 30.3 Å². The predicted octanol–water partition coefficient (Wildman–Crippen LogP) is 1.35. The predicted molar refractivity (Wildman–Crippen MR) is 101 cm³/mol. The minimum atomic E-state index is -0.740. The lowest BCUT2D eigenvalue weighted by molar-refractivity contribution is -0.127. The van der Waals surface area contributed by atoms with E-state index in [4.69, 9.17) is 4.74 Å². The molecule has 2 aromatic rings. The number of carbonyl (C=O) groups excluding carboxylic acids is 3. The fraction of sp³-hybridized carbons (Fsp3) is 0.211. The molecule has 8 nitrogen and oxygen atoms in total. The summed E-state index contributed by atoms with van der Waals surface area (Å²) in [4.78, 5) is 38.0. The first-order chi connectivity index (χ1) is 13.1. The maximum Gasteiger partial charge on any atom is 0.325 e. The molecule has 0 aliphatic carbocycles. The van der Waals surface area contributed by atoms with E-state index in [1.54, 1.807) is 47.4 Å². The van der Waals surface area contributed by atoms with Crippen LogP contribution in [0.3, 0.4) is 0 Å². The molecule has 140 valence electrons. The highest BCUT2D eigenvalue weighted by Crippen LogP contribution is 2.32. The van der Waals surface area contributed by atoms with Gasteiger partial charge < -0.3 is 20.3 Å². The van der Waals surface area contributed by atoms with Crippen molar-refractivity contribution in [1.82, 2.24) is 10.6 Å². The zero-order chi connectivity index (χ0) is 19.2. The molecule has 0 radical (unpaired) electrons. The number of amides is 4. The van der Waals surface area contributed by atoms with Crippen molar-refractivity contribution >= 4 is 29.2 Å². The van der Waals surface area contributed by atoms with Crippen molar-refractivity contribution in [1.29, 1.82) is 0 Å². The van der Waals surface area contributed by atoms with E-state index in [1.807, 2.05) is 12.1 Å². The van der Waals surface area contributed by atoms with Crippen LogP contribution in [0.2, 0.25) is 0 Å². The van der Waals surface area contributed by atoms with E-state index in [9.17, 15) is 14.4 Å². The highest BCUT2D eigenvalue weighted by atomic mass is 16.5. The van der Waals surface area contributed by atoms with E-state index in [2.05, 4.69) is 16.0 Å². The van der Waals surface area contributed by atoms with Crippen molar-refractivity contribution in [3.8, 4) is 5.75 Å². The van der Waals surface area contributed by atoms with Crippen LogP contribution in [0.5, 0.6) is 5.75 Å². The number of imide groups is 1. The van der Waals surface area contributed by atoms with Gasteiger partial charge in [-0.15, -0.1) is 0 Å². The Morgan fingerprint density at radius 1 is 1.07 bits per heavy atom. The number of rotatable bonds is 4. The monoisotopic (exact) mass is 368 g/mol. The van der Waals surface area contributed by atoms with Crippen LogP contribution in [0.25, 0.3) is 0 Å². The number of hydrogen-bond acceptors (Lipinski definition) is 5. The number of fused-ring (bicyclic) bond motifs is 1. The van der Waals surface area contributed by atoms with Gasteiger partial charge in [0.05, 0.1) is 18.8 Å². The first-order valence-corrected chi connectivity index (χ1v) is 8.45. The molecule has 1 heterocycles. The van der Waals surface area contributed by atoms with Gasteiger partial charge in [-0.3, -0.25) is 14.9 Å². The zero-order valence-electron chi connectivity index (χ0n) is 14.8. The van der Waals surface area contributed by atoms with Crippen molar-refractivity contribution < 1.29 is 19.1 Å². The largest absolute Gasteiger partial charge is 0.477 e. The molecule has 0 saturated heterocycles. The number of hydrogen-bond donors (Lipinski definition) is 3. The highest BCUT2D eigenvalue weighted by Gasteiger charge is 2.31. The highest BCUT2D eigenvalue weighted by molar-refractivity contribution is 6.02. The van der Waals surface area contributed by atoms with Crippen molar-refractivity contribution in [2.75, 3.05) is 30.4 Å². The number of benzene rings is 2. The van der Waals surface area contributed by atoms with Gasteiger partial charge in [0.25, 0.3) is 5.91 Å². The molecule has 27 heavy (non-hydrogen) atoms. The minimum absolute atomic E-state index is 0.0872. The first kappa shape index (κ1) is 18.2. The molecule has 0 bridgehead atoms. The molecular formula is C19H20N4O4. The Morgan fingerprint density at radius 2 is 1.78 bits per heavy atom. The van der Waals surface area contributed by atoms with Crippen LogP contribution in [-0.2, 0) is 9.59 Å². The molecule has 4 amide bonds. The summed E-state index contributed by atoms with van der Waals surface area (Å²) >= 11 is 0. The third kappa shape index (κ3) is 4.55. The number of nitrogens with zero attached hydrogens (tertiary/aromatic N) is 1. The number of anilines is 2. The van der Waals surface area contributed by atoms with E-state index >= 15 is 0 Å². The Morgan fingerprint density at radius 3 is 2.52 bits per heavy atom. The summed E-state index contributed by atoms with van der Waals surface area (Å²) in [5, 5.41) is 7.42. The molecule has 0 spiro atoms. The fourth-order valence-corrected chi connectivity index (χ4v) is 2.78. The zero-order valence-corrected chi connectivity index (χ0v) is 14.8. The van der Waals surface area contributed by atoms with Gasteiger partial charge >= 0.3 is 6.03 Å². The molecule has 3 rings (SSSR count). The smallest absolute Gasteiger partial charge is 0.325 e. The second-order valence-electron chi connectivity index (χ2n) is 5.94. The number of likely N-dealkylation sites (N-methyl/N-ethyl adjacent to an activating group) is 1. The van der Waals surface area contributed by atoms with Gasteiger partial charge in [-0.2, -0.15) is 0 Å². The summed E-state index contributed by atoms with van der Waals surface area (Å²) < 4.78 is 5.69. The normalized spacial score (nSPS) is 15.1. The SMILES string of the molecule is CNC(=O)C1CN(CC(=O)NC(=O)Nc2ccccc2)c2ccccc2O1. The Hall–Kier alpha value is -3.55. The van der Waals surface area contributed by atoms with Gasteiger partial charge in [0.15, 0.2) is 6.10 Å². The van der Waals surface area contributed by atoms with E-state index in [1.165, 1.54) is 7.05 Å². The second kappa shape index (κ2) is 8.22. The summed E-state index contributed by atoms with van der Waals surface area (Å²) in [6, 6.07) is 15.3. The Balaban J connectivity index is 1.65. The number of ether oxygens (including phenoxy) is 1. The third-order valence-electron chi connectivity index (χ3n) is 4.02. The molecule has 0 saturated carbocycles. The second-order valence-corrected chi connectivity index (χ2v) is 5.94. The molecule has 8 heteroatoms. The van der Waals surface area contributed by atoms with E-state index < -0.39 is 18.0 Å². The van der Waals surface area contributed by atoms with Crippen molar-refractivity contribution in [3.05, 3.63) is 54.6 Å². The summed E-state index contributed by atoms with van der Waals surface area (Å²) in [7, 11) is 1.52. The Kier molecular flexibility index (Phi) is 5.55. The maximum atomic E-state index is 12.3. The third-order valence-corrected chi connectivity index (χ3v) is 4.02. The van der Waals surface area contributed by atoms with Gasteiger partial charge in [-0.25, -0.2) is 4.79 Å². The van der Waals surface area contributed by atoms with Crippen LogP contribution >= 0.6 is 0 Å². The molecule has 1 atom stereocenters. The molecule has 1 aliphatic rings. The number of carbonyl (C=O) groups is 3. The van der Waals surface area contributed by atoms with Gasteiger partial charge in [0.2, 0.25) is 5.91 Å². The van der Waals surface area contributed by atoms with Crippen molar-refractivity contribution in [3.63, 3.8) is 0 Å².